The first kappa shape index (κ1) is 20.8. The van der Waals surface area contributed by atoms with Gasteiger partial charge in [0.2, 0.25) is 0 Å². The summed E-state index contributed by atoms with van der Waals surface area (Å²) < 4.78 is 47.0. The van der Waals surface area contributed by atoms with Crippen molar-refractivity contribution in [2.45, 2.75) is 56.5 Å². The van der Waals surface area contributed by atoms with Crippen molar-refractivity contribution in [3.63, 3.8) is 0 Å². The van der Waals surface area contributed by atoms with Gasteiger partial charge in [-0.05, 0) is 13.8 Å². The molecule has 12 heteroatoms. The van der Waals surface area contributed by atoms with Crippen LogP contribution in [0.1, 0.15) is 25.6 Å². The number of halogens is 3. The molecular weight excluding hydrogens is 436 g/mol. The van der Waals surface area contributed by atoms with E-state index in [4.69, 9.17) is 25.8 Å². The monoisotopic (exact) mass is 455 g/mol. The molecule has 2 aromatic rings. The Balaban J connectivity index is 1.62. The van der Waals surface area contributed by atoms with Gasteiger partial charge in [-0.15, -0.1) is 0 Å². The Bertz CT molecular complexity index is 1070. The van der Waals surface area contributed by atoms with Crippen molar-refractivity contribution in [1.29, 1.82) is 5.26 Å². The molecule has 3 saturated heterocycles. The van der Waals surface area contributed by atoms with Crippen LogP contribution in [-0.4, -0.2) is 76.0 Å². The lowest BCUT2D eigenvalue weighted by Crippen LogP contribution is -2.31. The van der Waals surface area contributed by atoms with Crippen LogP contribution in [0.25, 0.3) is 11.0 Å². The van der Waals surface area contributed by atoms with Gasteiger partial charge in [0, 0.05) is 0 Å². The van der Waals surface area contributed by atoms with Crippen molar-refractivity contribution in [1.82, 2.24) is 14.8 Å². The molecule has 0 amide bonds. The van der Waals surface area contributed by atoms with E-state index < -0.39 is 42.7 Å². The van der Waals surface area contributed by atoms with Gasteiger partial charge >= 0.3 is 0 Å². The predicted octanol–water partition coefficient (Wildman–Crippen LogP) is 1.86. The molecular formula is C19H20ClF2N5O4. The molecule has 3 aliphatic rings. The Morgan fingerprint density at radius 2 is 1.97 bits per heavy atom. The summed E-state index contributed by atoms with van der Waals surface area (Å²) >= 11 is 6.28. The number of alkyl halides is 2. The Hall–Kier alpha value is -2.10. The Labute approximate surface area is 181 Å². The highest BCUT2D eigenvalue weighted by molar-refractivity contribution is 6.31. The van der Waals surface area contributed by atoms with E-state index in [2.05, 4.69) is 10.1 Å². The average Bonchev–Trinajstić information content (AvgIpc) is 3.43. The molecule has 6 atom stereocenters. The fourth-order valence-corrected chi connectivity index (χ4v) is 4.75. The van der Waals surface area contributed by atoms with Gasteiger partial charge in [-0.2, -0.15) is 10.4 Å². The zero-order valence-corrected chi connectivity index (χ0v) is 17.5. The first-order valence-electron chi connectivity index (χ1n) is 9.86. The summed E-state index contributed by atoms with van der Waals surface area (Å²) in [4.78, 5) is 5.76. The van der Waals surface area contributed by atoms with Crippen molar-refractivity contribution < 1.29 is 28.1 Å². The molecule has 0 bridgehead atoms. The van der Waals surface area contributed by atoms with Gasteiger partial charge in [-0.25, -0.2) is 18.4 Å². The fourth-order valence-electron chi connectivity index (χ4n) is 4.54. The van der Waals surface area contributed by atoms with E-state index in [1.807, 2.05) is 6.07 Å². The number of hydrogen-bond donors (Lipinski definition) is 1. The van der Waals surface area contributed by atoms with E-state index in [0.29, 0.717) is 5.39 Å². The zero-order chi connectivity index (χ0) is 22.1. The number of nitrogens with zero attached hydrogens (tertiary/aromatic N) is 5. The van der Waals surface area contributed by atoms with Crippen LogP contribution in [0, 0.1) is 11.3 Å². The van der Waals surface area contributed by atoms with Crippen molar-refractivity contribution in [2.24, 2.45) is 0 Å². The van der Waals surface area contributed by atoms with Gasteiger partial charge in [-0.3, -0.25) is 0 Å². The molecule has 0 aromatic carbocycles. The Morgan fingerprint density at radius 3 is 2.61 bits per heavy atom. The molecule has 0 aliphatic carbocycles. The highest BCUT2D eigenvalue weighted by atomic mass is 35.5. The van der Waals surface area contributed by atoms with Crippen molar-refractivity contribution in [3.8, 4) is 6.07 Å². The number of fused-ring (bicyclic) bond motifs is 2. The third-order valence-corrected chi connectivity index (χ3v) is 6.10. The van der Waals surface area contributed by atoms with Gasteiger partial charge in [0.15, 0.2) is 35.2 Å². The number of ether oxygens (including phenoxy) is 3. The summed E-state index contributed by atoms with van der Waals surface area (Å²) in [5.74, 6) is -0.875. The van der Waals surface area contributed by atoms with E-state index in [0.717, 1.165) is 0 Å². The first-order valence-corrected chi connectivity index (χ1v) is 10.2. The molecule has 2 aromatic heterocycles. The van der Waals surface area contributed by atoms with Crippen LogP contribution >= 0.6 is 11.6 Å². The Kier molecular flexibility index (Phi) is 4.84. The molecule has 31 heavy (non-hydrogen) atoms. The minimum Gasteiger partial charge on any atom is -0.394 e. The van der Waals surface area contributed by atoms with Crippen LogP contribution in [0.3, 0.4) is 0 Å². The van der Waals surface area contributed by atoms with Crippen LogP contribution in [0.15, 0.2) is 6.20 Å². The number of nitriles is 1. The molecule has 3 fully saturated rings. The SMILES string of the molecule is CC1(C)O[C@@H]2[C@H](O1)[C@@H](CO)O[C@H]2n1ncc2c(N3C[C@@H](F)[C@@H](F)C3)c(C#N)c(Cl)nc21. The maximum Gasteiger partial charge on any atom is 0.181 e. The first-order chi connectivity index (χ1) is 14.7. The number of aliphatic hydroxyl groups is 1. The Morgan fingerprint density at radius 1 is 1.29 bits per heavy atom. The quantitative estimate of drug-likeness (QED) is 0.699. The number of pyridine rings is 1. The van der Waals surface area contributed by atoms with E-state index in [-0.39, 0.29) is 41.7 Å². The molecule has 9 nitrogen and oxygen atoms in total. The highest BCUT2D eigenvalue weighted by Gasteiger charge is 2.56. The molecule has 0 unspecified atom stereocenters. The minimum absolute atomic E-state index is 0.0232. The standard InChI is InChI=1S/C19H20ClF2N5O4/c1-19(2)30-14-12(7-28)29-18(15(14)31-19)27-17-9(4-24-27)13(8(3-23)16(20)25-17)26-5-10(21)11(22)6-26/h4,10-12,14-15,18,28H,5-7H2,1-2H3/t10-,11+,12-,14-,15-,18-/m1/s1. The third kappa shape index (κ3) is 3.16. The van der Waals surface area contributed by atoms with Crippen molar-refractivity contribution in [2.75, 3.05) is 24.6 Å². The summed E-state index contributed by atoms with van der Waals surface area (Å²) in [5, 5.41) is 24.0. The van der Waals surface area contributed by atoms with Crippen LogP contribution in [-0.2, 0) is 14.2 Å². The van der Waals surface area contributed by atoms with E-state index in [1.165, 1.54) is 15.8 Å². The average molecular weight is 456 g/mol. The lowest BCUT2D eigenvalue weighted by atomic mass is 10.1. The third-order valence-electron chi connectivity index (χ3n) is 5.83. The number of hydrogen-bond acceptors (Lipinski definition) is 8. The smallest absolute Gasteiger partial charge is 0.181 e. The maximum absolute atomic E-state index is 13.9. The lowest BCUT2D eigenvalue weighted by Gasteiger charge is -2.24. The van der Waals surface area contributed by atoms with E-state index >= 15 is 0 Å². The van der Waals surface area contributed by atoms with Gasteiger partial charge in [0.1, 0.15) is 29.9 Å². The second-order valence-corrected chi connectivity index (χ2v) is 8.67. The van der Waals surface area contributed by atoms with Crippen molar-refractivity contribution in [3.05, 3.63) is 16.9 Å². The second-order valence-electron chi connectivity index (χ2n) is 8.31. The summed E-state index contributed by atoms with van der Waals surface area (Å²) in [5.41, 5.74) is 0.575. The van der Waals surface area contributed by atoms with Crippen LogP contribution in [0.4, 0.5) is 14.5 Å². The largest absolute Gasteiger partial charge is 0.394 e. The van der Waals surface area contributed by atoms with Gasteiger partial charge in [0.05, 0.1) is 37.0 Å². The minimum atomic E-state index is -1.67. The number of aromatic nitrogens is 3. The normalized spacial score (nSPS) is 34.4. The highest BCUT2D eigenvalue weighted by Crippen LogP contribution is 2.44. The van der Waals surface area contributed by atoms with Gasteiger partial charge in [-0.1, -0.05) is 11.6 Å². The van der Waals surface area contributed by atoms with Crippen molar-refractivity contribution >= 4 is 28.3 Å². The number of aliphatic hydroxyl groups excluding tert-OH is 1. The van der Waals surface area contributed by atoms with Crippen LogP contribution < -0.4 is 4.90 Å². The molecule has 166 valence electrons. The fraction of sp³-hybridized carbons (Fsp3) is 0.632. The molecule has 5 rings (SSSR count). The van der Waals surface area contributed by atoms with Gasteiger partial charge in [0.25, 0.3) is 0 Å². The lowest BCUT2D eigenvalue weighted by molar-refractivity contribution is -0.201. The summed E-state index contributed by atoms with van der Waals surface area (Å²) in [6.07, 6.45) is -4.39. The number of anilines is 1. The molecule has 0 saturated carbocycles. The molecule has 5 heterocycles. The zero-order valence-electron chi connectivity index (χ0n) is 16.7. The molecule has 3 aliphatic heterocycles. The topological polar surface area (TPSA) is 106 Å². The molecule has 1 N–H and O–H groups in total. The number of rotatable bonds is 3. The van der Waals surface area contributed by atoms with Crippen LogP contribution in [0.2, 0.25) is 5.15 Å². The summed E-state index contributed by atoms with van der Waals surface area (Å²) in [7, 11) is 0. The van der Waals surface area contributed by atoms with E-state index in [1.54, 1.807) is 13.8 Å². The van der Waals surface area contributed by atoms with Crippen LogP contribution in [0.5, 0.6) is 0 Å². The predicted molar refractivity (Wildman–Crippen MR) is 104 cm³/mol. The summed E-state index contributed by atoms with van der Waals surface area (Å²) in [6, 6.07) is 1.98. The maximum atomic E-state index is 13.9. The summed E-state index contributed by atoms with van der Waals surface area (Å²) in [6.45, 7) is 2.83. The molecule has 0 radical (unpaired) electrons. The second kappa shape index (κ2) is 7.21. The van der Waals surface area contributed by atoms with E-state index in [9.17, 15) is 19.1 Å². The van der Waals surface area contributed by atoms with Gasteiger partial charge < -0.3 is 24.2 Å². The molecule has 0 spiro atoms.